The Morgan fingerprint density at radius 2 is 1.82 bits per heavy atom. The first-order valence-electron chi connectivity index (χ1n) is 10.4. The van der Waals surface area contributed by atoms with E-state index in [2.05, 4.69) is 10.6 Å². The summed E-state index contributed by atoms with van der Waals surface area (Å²) in [5.41, 5.74) is 2.82. The van der Waals surface area contributed by atoms with E-state index in [-0.39, 0.29) is 36.4 Å². The third-order valence-electron chi connectivity index (χ3n) is 4.53. The molecule has 0 fully saturated rings. The zero-order valence-corrected chi connectivity index (χ0v) is 19.7. The Balaban J connectivity index is 1.59. The average Bonchev–Trinajstić information content (AvgIpc) is 2.78. The van der Waals surface area contributed by atoms with Gasteiger partial charge in [-0.3, -0.25) is 9.59 Å². The van der Waals surface area contributed by atoms with Crippen molar-refractivity contribution in [3.63, 3.8) is 0 Å². The molecule has 178 valence electrons. The minimum Gasteiger partial charge on any atom is -0.484 e. The highest BCUT2D eigenvalue weighted by atomic mass is 35.5. The van der Waals surface area contributed by atoms with E-state index < -0.39 is 11.7 Å². The predicted octanol–water partition coefficient (Wildman–Crippen LogP) is 3.32. The van der Waals surface area contributed by atoms with Crippen LogP contribution in [-0.4, -0.2) is 52.3 Å². The largest absolute Gasteiger partial charge is 0.484 e. The molecule has 2 amide bonds. The molecule has 2 aromatic carbocycles. The van der Waals surface area contributed by atoms with Crippen molar-refractivity contribution in [1.29, 1.82) is 0 Å². The summed E-state index contributed by atoms with van der Waals surface area (Å²) in [5.74, 6) is -1.08. The van der Waals surface area contributed by atoms with Gasteiger partial charge in [-0.05, 0) is 49.2 Å². The van der Waals surface area contributed by atoms with E-state index in [1.165, 1.54) is 12.1 Å². The van der Waals surface area contributed by atoms with Gasteiger partial charge in [-0.2, -0.15) is 0 Å². The van der Waals surface area contributed by atoms with Gasteiger partial charge < -0.3 is 25.0 Å². The molecular formula is C24H29ClFN3O4. The number of anilines is 1. The molecule has 0 aliphatic rings. The van der Waals surface area contributed by atoms with Crippen LogP contribution in [0.15, 0.2) is 54.2 Å². The second-order valence-electron chi connectivity index (χ2n) is 7.47. The van der Waals surface area contributed by atoms with Crippen molar-refractivity contribution in [2.24, 2.45) is 0 Å². The van der Waals surface area contributed by atoms with Gasteiger partial charge in [-0.25, -0.2) is 4.39 Å². The standard InChI is InChI=1S/C24H29ClFN3O4/c1-17(28-24(31)16-33-20-8-9-21(25)22(26)14-20)10-12-27-23(30)15-32-13-11-18-4-6-19(7-5-18)29(2)3/h4-10,14H,11-13,15-16H2,1-3H3,(H,27,30)(H,28,31)/b17-10+. The van der Waals surface area contributed by atoms with Crippen LogP contribution in [0.25, 0.3) is 0 Å². The van der Waals surface area contributed by atoms with E-state index in [4.69, 9.17) is 21.1 Å². The van der Waals surface area contributed by atoms with Crippen LogP contribution in [0.1, 0.15) is 12.5 Å². The normalized spacial score (nSPS) is 11.1. The van der Waals surface area contributed by atoms with Crippen LogP contribution in [0.2, 0.25) is 5.02 Å². The van der Waals surface area contributed by atoms with Crippen molar-refractivity contribution >= 4 is 29.1 Å². The van der Waals surface area contributed by atoms with Crippen molar-refractivity contribution in [1.82, 2.24) is 10.6 Å². The van der Waals surface area contributed by atoms with Crippen LogP contribution in [0.4, 0.5) is 10.1 Å². The molecule has 9 heteroatoms. The van der Waals surface area contributed by atoms with Gasteiger partial charge in [0, 0.05) is 38.1 Å². The van der Waals surface area contributed by atoms with Gasteiger partial charge in [-0.15, -0.1) is 0 Å². The van der Waals surface area contributed by atoms with Crippen LogP contribution in [0.3, 0.4) is 0 Å². The number of allylic oxidation sites excluding steroid dienone is 1. The number of amides is 2. The van der Waals surface area contributed by atoms with Crippen molar-refractivity contribution in [2.45, 2.75) is 13.3 Å². The SMILES string of the molecule is C/C(=C\CNC(=O)COCCc1ccc(N(C)C)cc1)NC(=O)COc1ccc(Cl)c(F)c1. The number of benzene rings is 2. The molecule has 0 saturated heterocycles. The van der Waals surface area contributed by atoms with Gasteiger partial charge in [0.15, 0.2) is 6.61 Å². The maximum Gasteiger partial charge on any atom is 0.262 e. The van der Waals surface area contributed by atoms with Crippen LogP contribution in [-0.2, 0) is 20.7 Å². The molecule has 0 aliphatic carbocycles. The molecule has 0 atom stereocenters. The van der Waals surface area contributed by atoms with E-state index in [1.54, 1.807) is 13.0 Å². The van der Waals surface area contributed by atoms with Crippen LogP contribution in [0, 0.1) is 5.82 Å². The minimum absolute atomic E-state index is 0.0204. The predicted molar refractivity (Wildman–Crippen MR) is 127 cm³/mol. The summed E-state index contributed by atoms with van der Waals surface area (Å²) in [6.45, 7) is 2.04. The summed E-state index contributed by atoms with van der Waals surface area (Å²) in [6.07, 6.45) is 2.38. The Labute approximate surface area is 198 Å². The third kappa shape index (κ3) is 9.93. The first-order valence-corrected chi connectivity index (χ1v) is 10.8. The lowest BCUT2D eigenvalue weighted by Crippen LogP contribution is -2.30. The molecule has 2 rings (SSSR count). The van der Waals surface area contributed by atoms with Crippen molar-refractivity contribution in [3.05, 3.63) is 70.6 Å². The van der Waals surface area contributed by atoms with Crippen LogP contribution in [0.5, 0.6) is 5.75 Å². The van der Waals surface area contributed by atoms with Crippen molar-refractivity contribution in [2.75, 3.05) is 45.4 Å². The molecular weight excluding hydrogens is 449 g/mol. The molecule has 2 aromatic rings. The van der Waals surface area contributed by atoms with E-state index in [0.29, 0.717) is 12.3 Å². The molecule has 0 heterocycles. The minimum atomic E-state index is -0.621. The van der Waals surface area contributed by atoms with Gasteiger partial charge in [0.2, 0.25) is 5.91 Å². The Morgan fingerprint density at radius 3 is 2.48 bits per heavy atom. The molecule has 33 heavy (non-hydrogen) atoms. The molecule has 2 N–H and O–H groups in total. The number of hydrogen-bond donors (Lipinski definition) is 2. The summed E-state index contributed by atoms with van der Waals surface area (Å²) in [6, 6.07) is 12.1. The number of halogens is 2. The Kier molecular flexibility index (Phi) is 10.7. The monoisotopic (exact) mass is 477 g/mol. The Bertz CT molecular complexity index is 965. The number of ether oxygens (including phenoxy) is 2. The Morgan fingerprint density at radius 1 is 1.09 bits per heavy atom. The van der Waals surface area contributed by atoms with Gasteiger partial charge in [0.05, 0.1) is 11.6 Å². The number of carbonyl (C=O) groups excluding carboxylic acids is 2. The zero-order chi connectivity index (χ0) is 24.2. The fraction of sp³-hybridized carbons (Fsp3) is 0.333. The molecule has 7 nitrogen and oxygen atoms in total. The highest BCUT2D eigenvalue weighted by Gasteiger charge is 2.06. The molecule has 0 saturated carbocycles. The summed E-state index contributed by atoms with van der Waals surface area (Å²) in [4.78, 5) is 25.8. The van der Waals surface area contributed by atoms with E-state index >= 15 is 0 Å². The molecule has 0 aliphatic heterocycles. The topological polar surface area (TPSA) is 79.9 Å². The third-order valence-corrected chi connectivity index (χ3v) is 4.83. The van der Waals surface area contributed by atoms with E-state index in [1.807, 2.05) is 43.3 Å². The van der Waals surface area contributed by atoms with Gasteiger partial charge >= 0.3 is 0 Å². The highest BCUT2D eigenvalue weighted by molar-refractivity contribution is 6.30. The lowest BCUT2D eigenvalue weighted by molar-refractivity contribution is -0.125. The molecule has 0 radical (unpaired) electrons. The Hall–Kier alpha value is -3.10. The summed E-state index contributed by atoms with van der Waals surface area (Å²) < 4.78 is 24.0. The first kappa shape index (κ1) is 26.2. The van der Waals surface area contributed by atoms with Crippen molar-refractivity contribution in [3.8, 4) is 5.75 Å². The lowest BCUT2D eigenvalue weighted by Gasteiger charge is -2.12. The second-order valence-corrected chi connectivity index (χ2v) is 7.87. The van der Waals surface area contributed by atoms with E-state index in [9.17, 15) is 14.0 Å². The fourth-order valence-electron chi connectivity index (χ4n) is 2.71. The smallest absolute Gasteiger partial charge is 0.262 e. The number of nitrogens with one attached hydrogen (secondary N) is 2. The lowest BCUT2D eigenvalue weighted by atomic mass is 10.1. The maximum atomic E-state index is 13.4. The summed E-state index contributed by atoms with van der Waals surface area (Å²) >= 11 is 5.60. The van der Waals surface area contributed by atoms with E-state index in [0.717, 1.165) is 23.7 Å². The summed E-state index contributed by atoms with van der Waals surface area (Å²) in [5, 5.41) is 5.29. The fourth-order valence-corrected chi connectivity index (χ4v) is 2.82. The van der Waals surface area contributed by atoms with Crippen molar-refractivity contribution < 1.29 is 23.5 Å². The highest BCUT2D eigenvalue weighted by Crippen LogP contribution is 2.20. The van der Waals surface area contributed by atoms with Gasteiger partial charge in [0.25, 0.3) is 5.91 Å². The second kappa shape index (κ2) is 13.4. The number of rotatable bonds is 12. The zero-order valence-electron chi connectivity index (χ0n) is 19.0. The summed E-state index contributed by atoms with van der Waals surface area (Å²) in [7, 11) is 3.98. The first-order chi connectivity index (χ1) is 15.7. The number of hydrogen-bond acceptors (Lipinski definition) is 5. The molecule has 0 unspecified atom stereocenters. The quantitative estimate of drug-likeness (QED) is 0.458. The van der Waals surface area contributed by atoms with Crippen LogP contribution >= 0.6 is 11.6 Å². The maximum absolute atomic E-state index is 13.4. The molecule has 0 bridgehead atoms. The van der Waals surface area contributed by atoms with Crippen LogP contribution < -0.4 is 20.3 Å². The van der Waals surface area contributed by atoms with Gasteiger partial charge in [-0.1, -0.05) is 23.7 Å². The number of carbonyl (C=O) groups is 2. The average molecular weight is 478 g/mol. The molecule has 0 aromatic heterocycles. The van der Waals surface area contributed by atoms with Gasteiger partial charge in [0.1, 0.15) is 18.2 Å². The molecule has 0 spiro atoms. The number of nitrogens with zero attached hydrogens (tertiary/aromatic N) is 1.